The molecule has 1 N–H and O–H groups in total. The predicted octanol–water partition coefficient (Wildman–Crippen LogP) is 2.49. The van der Waals surface area contributed by atoms with Crippen LogP contribution in [0.1, 0.15) is 56.3 Å². The maximum absolute atomic E-state index is 12.2. The van der Waals surface area contributed by atoms with Gasteiger partial charge in [-0.05, 0) is 26.7 Å². The molecular weight excluding hydrogens is 226 g/mol. The number of rotatable bonds is 3. The Balaban J connectivity index is 1.96. The molecule has 4 heteroatoms. The number of amides is 1. The summed E-state index contributed by atoms with van der Waals surface area (Å²) in [4.78, 5) is 12.2. The minimum atomic E-state index is 0.0492. The molecule has 0 aromatic carbocycles. The van der Waals surface area contributed by atoms with Crippen molar-refractivity contribution in [2.24, 2.45) is 13.0 Å². The summed E-state index contributed by atoms with van der Waals surface area (Å²) >= 11 is 0. The van der Waals surface area contributed by atoms with Crippen LogP contribution < -0.4 is 5.32 Å². The van der Waals surface area contributed by atoms with E-state index in [1.165, 1.54) is 19.3 Å². The molecule has 2 rings (SSSR count). The Kier molecular flexibility index (Phi) is 4.04. The van der Waals surface area contributed by atoms with Gasteiger partial charge in [-0.2, -0.15) is 5.10 Å². The number of carbonyl (C=O) groups excluding carboxylic acids is 1. The van der Waals surface area contributed by atoms with Crippen molar-refractivity contribution >= 4 is 5.91 Å². The zero-order chi connectivity index (χ0) is 13.1. The van der Waals surface area contributed by atoms with E-state index < -0.39 is 0 Å². The maximum Gasteiger partial charge on any atom is 0.223 e. The minimum absolute atomic E-state index is 0.0492. The van der Waals surface area contributed by atoms with Gasteiger partial charge in [-0.3, -0.25) is 9.48 Å². The second-order valence-electron chi connectivity index (χ2n) is 5.37. The van der Waals surface area contributed by atoms with E-state index in [4.69, 9.17) is 0 Å². The van der Waals surface area contributed by atoms with Crippen molar-refractivity contribution in [3.05, 3.63) is 17.5 Å². The third-order valence-corrected chi connectivity index (χ3v) is 4.07. The van der Waals surface area contributed by atoms with Gasteiger partial charge in [0.15, 0.2) is 0 Å². The number of carbonyl (C=O) groups is 1. The Hall–Kier alpha value is -1.32. The summed E-state index contributed by atoms with van der Waals surface area (Å²) < 4.78 is 1.85. The van der Waals surface area contributed by atoms with Gasteiger partial charge in [-0.15, -0.1) is 0 Å². The molecule has 1 aromatic rings. The van der Waals surface area contributed by atoms with Crippen LogP contribution in [0.15, 0.2) is 6.20 Å². The Morgan fingerprint density at radius 3 is 2.67 bits per heavy atom. The third kappa shape index (κ3) is 2.74. The molecular formula is C14H23N3O. The molecule has 0 bridgehead atoms. The summed E-state index contributed by atoms with van der Waals surface area (Å²) in [5, 5.41) is 7.35. The maximum atomic E-state index is 12.2. The van der Waals surface area contributed by atoms with Gasteiger partial charge in [0, 0.05) is 24.2 Å². The van der Waals surface area contributed by atoms with Crippen LogP contribution in [0.2, 0.25) is 0 Å². The topological polar surface area (TPSA) is 46.9 Å². The van der Waals surface area contributed by atoms with Gasteiger partial charge in [0.25, 0.3) is 0 Å². The Bertz CT molecular complexity index is 419. The van der Waals surface area contributed by atoms with E-state index in [1.807, 2.05) is 31.8 Å². The molecule has 1 aliphatic rings. The fraction of sp³-hybridized carbons (Fsp3) is 0.714. The van der Waals surface area contributed by atoms with Gasteiger partial charge in [0.2, 0.25) is 5.91 Å². The van der Waals surface area contributed by atoms with Crippen molar-refractivity contribution in [3.63, 3.8) is 0 Å². The molecule has 1 fully saturated rings. The average molecular weight is 249 g/mol. The van der Waals surface area contributed by atoms with Crippen molar-refractivity contribution < 1.29 is 4.79 Å². The zero-order valence-corrected chi connectivity index (χ0v) is 11.6. The lowest BCUT2D eigenvalue weighted by Crippen LogP contribution is -2.34. The van der Waals surface area contributed by atoms with Crippen LogP contribution in [-0.2, 0) is 11.8 Å². The lowest BCUT2D eigenvalue weighted by Gasteiger charge is -2.23. The van der Waals surface area contributed by atoms with Crippen LogP contribution in [0, 0.1) is 12.8 Å². The monoisotopic (exact) mass is 249 g/mol. The molecule has 1 aliphatic carbocycles. The standard InChI is InChI=1S/C14H23N3O/c1-10(13-9-15-17(3)11(13)2)16-14(18)12-7-5-4-6-8-12/h9-10,12H,4-8H2,1-3H3,(H,16,18). The largest absolute Gasteiger partial charge is 0.349 e. The SMILES string of the molecule is Cc1c(C(C)NC(=O)C2CCCCC2)cnn1C. The molecule has 0 radical (unpaired) electrons. The van der Waals surface area contributed by atoms with Crippen LogP contribution in [0.25, 0.3) is 0 Å². The quantitative estimate of drug-likeness (QED) is 0.894. The molecule has 1 atom stereocenters. The molecule has 1 saturated carbocycles. The van der Waals surface area contributed by atoms with E-state index in [0.717, 1.165) is 24.1 Å². The van der Waals surface area contributed by atoms with Crippen LogP contribution in [0.3, 0.4) is 0 Å². The summed E-state index contributed by atoms with van der Waals surface area (Å²) in [6.07, 6.45) is 7.61. The first kappa shape index (κ1) is 13.1. The minimum Gasteiger partial charge on any atom is -0.349 e. The Morgan fingerprint density at radius 1 is 1.44 bits per heavy atom. The van der Waals surface area contributed by atoms with Crippen molar-refractivity contribution in [2.75, 3.05) is 0 Å². The van der Waals surface area contributed by atoms with E-state index >= 15 is 0 Å². The van der Waals surface area contributed by atoms with Gasteiger partial charge in [-0.1, -0.05) is 19.3 Å². The van der Waals surface area contributed by atoms with Gasteiger partial charge in [-0.25, -0.2) is 0 Å². The average Bonchev–Trinajstić information content (AvgIpc) is 2.71. The van der Waals surface area contributed by atoms with Gasteiger partial charge < -0.3 is 5.32 Å². The van der Waals surface area contributed by atoms with Crippen molar-refractivity contribution in [2.45, 2.75) is 52.0 Å². The van der Waals surface area contributed by atoms with Crippen LogP contribution in [0.4, 0.5) is 0 Å². The Morgan fingerprint density at radius 2 is 2.11 bits per heavy atom. The highest BCUT2D eigenvalue weighted by Gasteiger charge is 2.23. The van der Waals surface area contributed by atoms with Gasteiger partial charge in [0.05, 0.1) is 12.2 Å². The van der Waals surface area contributed by atoms with E-state index in [9.17, 15) is 4.79 Å². The van der Waals surface area contributed by atoms with E-state index in [2.05, 4.69) is 10.4 Å². The van der Waals surface area contributed by atoms with Crippen molar-refractivity contribution in [1.82, 2.24) is 15.1 Å². The molecule has 1 amide bonds. The van der Waals surface area contributed by atoms with Crippen LogP contribution >= 0.6 is 0 Å². The second kappa shape index (κ2) is 5.55. The molecule has 0 spiro atoms. The van der Waals surface area contributed by atoms with Crippen molar-refractivity contribution in [1.29, 1.82) is 0 Å². The van der Waals surface area contributed by atoms with Gasteiger partial charge >= 0.3 is 0 Å². The Labute approximate surface area is 109 Å². The molecule has 1 aromatic heterocycles. The normalized spacial score (nSPS) is 18.6. The van der Waals surface area contributed by atoms with E-state index in [0.29, 0.717) is 0 Å². The lowest BCUT2D eigenvalue weighted by atomic mass is 9.88. The first-order valence-corrected chi connectivity index (χ1v) is 6.88. The molecule has 0 saturated heterocycles. The first-order valence-electron chi connectivity index (χ1n) is 6.88. The van der Waals surface area contributed by atoms with Crippen LogP contribution in [0.5, 0.6) is 0 Å². The highest BCUT2D eigenvalue weighted by atomic mass is 16.1. The molecule has 0 aliphatic heterocycles. The summed E-state index contributed by atoms with van der Waals surface area (Å²) in [6, 6.07) is 0.0492. The molecule has 1 unspecified atom stereocenters. The highest BCUT2D eigenvalue weighted by Crippen LogP contribution is 2.25. The van der Waals surface area contributed by atoms with Gasteiger partial charge in [0.1, 0.15) is 0 Å². The van der Waals surface area contributed by atoms with Crippen molar-refractivity contribution in [3.8, 4) is 0 Å². The number of hydrogen-bond donors (Lipinski definition) is 1. The number of nitrogens with one attached hydrogen (secondary N) is 1. The fourth-order valence-corrected chi connectivity index (χ4v) is 2.71. The second-order valence-corrected chi connectivity index (χ2v) is 5.37. The molecule has 4 nitrogen and oxygen atoms in total. The number of hydrogen-bond acceptors (Lipinski definition) is 2. The highest BCUT2D eigenvalue weighted by molar-refractivity contribution is 5.79. The number of aryl methyl sites for hydroxylation is 1. The molecule has 1 heterocycles. The molecule has 100 valence electrons. The number of aromatic nitrogens is 2. The first-order chi connectivity index (χ1) is 8.59. The third-order valence-electron chi connectivity index (χ3n) is 4.07. The van der Waals surface area contributed by atoms with Crippen LogP contribution in [-0.4, -0.2) is 15.7 Å². The van der Waals surface area contributed by atoms with E-state index in [-0.39, 0.29) is 17.9 Å². The fourth-order valence-electron chi connectivity index (χ4n) is 2.71. The summed E-state index contributed by atoms with van der Waals surface area (Å²) in [6.45, 7) is 4.07. The summed E-state index contributed by atoms with van der Waals surface area (Å²) in [5.41, 5.74) is 2.23. The predicted molar refractivity (Wildman–Crippen MR) is 71.1 cm³/mol. The summed E-state index contributed by atoms with van der Waals surface area (Å²) in [7, 11) is 1.93. The van der Waals surface area contributed by atoms with E-state index in [1.54, 1.807) is 0 Å². The zero-order valence-electron chi connectivity index (χ0n) is 11.6. The smallest absolute Gasteiger partial charge is 0.223 e. The number of nitrogens with zero attached hydrogens (tertiary/aromatic N) is 2. The lowest BCUT2D eigenvalue weighted by molar-refractivity contribution is -0.126. The summed E-state index contributed by atoms with van der Waals surface area (Å²) in [5.74, 6) is 0.434. The molecule has 18 heavy (non-hydrogen) atoms.